The van der Waals surface area contributed by atoms with Crippen LogP contribution in [0, 0.1) is 0 Å². The molecule has 0 bridgehead atoms. The van der Waals surface area contributed by atoms with Crippen LogP contribution in [0.25, 0.3) is 0 Å². The number of aromatic nitrogens is 3. The highest BCUT2D eigenvalue weighted by Gasteiger charge is 2.03. The van der Waals surface area contributed by atoms with Gasteiger partial charge in [0.1, 0.15) is 17.5 Å². The van der Waals surface area contributed by atoms with E-state index in [4.69, 9.17) is 4.74 Å². The first-order chi connectivity index (χ1) is 9.75. The summed E-state index contributed by atoms with van der Waals surface area (Å²) in [7, 11) is 3.45. The van der Waals surface area contributed by atoms with E-state index >= 15 is 0 Å². The monoisotopic (exact) mass is 273 g/mol. The minimum atomic E-state index is 0.613. The standard InChI is InChI=1S/C14H19N5O/c1-4-11-18-12(15-2)7-13(19-11)16-8-10-5-6-14(20-3)17-9-10/h5-7,9H,4,8H2,1-3H3,(H2,15,16,18,19). The molecule has 2 heterocycles. The van der Waals surface area contributed by atoms with Crippen LogP contribution in [0.5, 0.6) is 5.88 Å². The van der Waals surface area contributed by atoms with Crippen LogP contribution < -0.4 is 15.4 Å². The average molecular weight is 273 g/mol. The second kappa shape index (κ2) is 6.70. The fourth-order valence-electron chi connectivity index (χ4n) is 1.70. The Balaban J connectivity index is 2.05. The van der Waals surface area contributed by atoms with Crippen molar-refractivity contribution in [3.63, 3.8) is 0 Å². The van der Waals surface area contributed by atoms with Gasteiger partial charge in [-0.2, -0.15) is 0 Å². The first-order valence-corrected chi connectivity index (χ1v) is 6.53. The van der Waals surface area contributed by atoms with Gasteiger partial charge < -0.3 is 15.4 Å². The van der Waals surface area contributed by atoms with E-state index in [9.17, 15) is 0 Å². The molecule has 0 aliphatic carbocycles. The van der Waals surface area contributed by atoms with Gasteiger partial charge in [0.2, 0.25) is 5.88 Å². The molecule has 0 spiro atoms. The van der Waals surface area contributed by atoms with Gasteiger partial charge in [-0.15, -0.1) is 0 Å². The van der Waals surface area contributed by atoms with E-state index in [-0.39, 0.29) is 0 Å². The lowest BCUT2D eigenvalue weighted by Gasteiger charge is -2.09. The molecule has 0 aliphatic heterocycles. The number of nitrogens with one attached hydrogen (secondary N) is 2. The average Bonchev–Trinajstić information content (AvgIpc) is 2.53. The summed E-state index contributed by atoms with van der Waals surface area (Å²) < 4.78 is 5.03. The molecule has 0 saturated carbocycles. The van der Waals surface area contributed by atoms with Crippen molar-refractivity contribution in [2.45, 2.75) is 19.9 Å². The largest absolute Gasteiger partial charge is 0.481 e. The third-order valence-corrected chi connectivity index (χ3v) is 2.83. The van der Waals surface area contributed by atoms with Crippen LogP contribution in [0.4, 0.5) is 11.6 Å². The predicted octanol–water partition coefficient (Wildman–Crippen LogP) is 2.10. The van der Waals surface area contributed by atoms with Gasteiger partial charge in [0.25, 0.3) is 0 Å². The molecule has 0 aromatic carbocycles. The lowest BCUT2D eigenvalue weighted by Crippen LogP contribution is -2.06. The Labute approximate surface area is 118 Å². The molecule has 6 heteroatoms. The van der Waals surface area contributed by atoms with Crippen LogP contribution in [-0.2, 0) is 13.0 Å². The number of ether oxygens (including phenoxy) is 1. The zero-order valence-corrected chi connectivity index (χ0v) is 12.0. The molecule has 0 amide bonds. The van der Waals surface area contributed by atoms with Crippen LogP contribution in [0.3, 0.4) is 0 Å². The maximum absolute atomic E-state index is 5.03. The molecule has 0 aliphatic rings. The fourth-order valence-corrected chi connectivity index (χ4v) is 1.70. The van der Waals surface area contributed by atoms with Gasteiger partial charge in [0, 0.05) is 38.3 Å². The molecule has 0 radical (unpaired) electrons. The van der Waals surface area contributed by atoms with E-state index in [2.05, 4.69) is 25.6 Å². The maximum Gasteiger partial charge on any atom is 0.212 e. The molecule has 6 nitrogen and oxygen atoms in total. The molecule has 0 unspecified atom stereocenters. The molecular formula is C14H19N5O. The van der Waals surface area contributed by atoms with Crippen LogP contribution in [0.15, 0.2) is 24.4 Å². The van der Waals surface area contributed by atoms with Gasteiger partial charge in [-0.25, -0.2) is 15.0 Å². The van der Waals surface area contributed by atoms with Crippen molar-refractivity contribution >= 4 is 11.6 Å². The van der Waals surface area contributed by atoms with Crippen molar-refractivity contribution in [2.24, 2.45) is 0 Å². The predicted molar refractivity (Wildman–Crippen MR) is 79.1 cm³/mol. The lowest BCUT2D eigenvalue weighted by molar-refractivity contribution is 0.397. The summed E-state index contributed by atoms with van der Waals surface area (Å²) in [5.41, 5.74) is 1.06. The third kappa shape index (κ3) is 3.57. The molecule has 0 fully saturated rings. The van der Waals surface area contributed by atoms with E-state index in [0.717, 1.165) is 29.4 Å². The highest BCUT2D eigenvalue weighted by molar-refractivity contribution is 5.47. The Morgan fingerprint density at radius 2 is 2.00 bits per heavy atom. The summed E-state index contributed by atoms with van der Waals surface area (Å²) in [6.45, 7) is 2.69. The summed E-state index contributed by atoms with van der Waals surface area (Å²) in [5.74, 6) is 3.04. The zero-order chi connectivity index (χ0) is 14.4. The first kappa shape index (κ1) is 14.0. The third-order valence-electron chi connectivity index (χ3n) is 2.83. The van der Waals surface area contributed by atoms with E-state index in [1.807, 2.05) is 32.2 Å². The van der Waals surface area contributed by atoms with Crippen molar-refractivity contribution < 1.29 is 4.74 Å². The Hall–Kier alpha value is -2.37. The molecule has 0 atom stereocenters. The second-order valence-corrected chi connectivity index (χ2v) is 4.22. The number of anilines is 2. The molecule has 2 rings (SSSR count). The van der Waals surface area contributed by atoms with Gasteiger partial charge in [0.15, 0.2) is 0 Å². The summed E-state index contributed by atoms with van der Waals surface area (Å²) >= 11 is 0. The van der Waals surface area contributed by atoms with E-state index in [0.29, 0.717) is 12.4 Å². The summed E-state index contributed by atoms with van der Waals surface area (Å²) in [4.78, 5) is 13.0. The van der Waals surface area contributed by atoms with Crippen molar-refractivity contribution in [3.8, 4) is 5.88 Å². The fraction of sp³-hybridized carbons (Fsp3) is 0.357. The summed E-state index contributed by atoms with van der Waals surface area (Å²) in [5, 5.41) is 6.31. The minimum Gasteiger partial charge on any atom is -0.481 e. The van der Waals surface area contributed by atoms with Crippen LogP contribution in [-0.4, -0.2) is 29.1 Å². The van der Waals surface area contributed by atoms with Gasteiger partial charge in [0.05, 0.1) is 7.11 Å². The van der Waals surface area contributed by atoms with Crippen LogP contribution in [0.2, 0.25) is 0 Å². The normalized spacial score (nSPS) is 10.2. The number of hydrogen-bond acceptors (Lipinski definition) is 6. The smallest absolute Gasteiger partial charge is 0.212 e. The zero-order valence-electron chi connectivity index (χ0n) is 12.0. The molecular weight excluding hydrogens is 254 g/mol. The quantitative estimate of drug-likeness (QED) is 0.839. The highest BCUT2D eigenvalue weighted by Crippen LogP contribution is 2.13. The van der Waals surface area contributed by atoms with E-state index in [1.165, 1.54) is 0 Å². The highest BCUT2D eigenvalue weighted by atomic mass is 16.5. The van der Waals surface area contributed by atoms with E-state index < -0.39 is 0 Å². The Morgan fingerprint density at radius 3 is 2.60 bits per heavy atom. The Morgan fingerprint density at radius 1 is 1.20 bits per heavy atom. The molecule has 2 aromatic heterocycles. The second-order valence-electron chi connectivity index (χ2n) is 4.22. The molecule has 2 N–H and O–H groups in total. The molecule has 20 heavy (non-hydrogen) atoms. The lowest BCUT2D eigenvalue weighted by atomic mass is 10.3. The van der Waals surface area contributed by atoms with Gasteiger partial charge in [-0.1, -0.05) is 13.0 Å². The minimum absolute atomic E-state index is 0.613. The van der Waals surface area contributed by atoms with Crippen LogP contribution >= 0.6 is 0 Å². The van der Waals surface area contributed by atoms with Crippen molar-refractivity contribution in [2.75, 3.05) is 24.8 Å². The van der Waals surface area contributed by atoms with Crippen LogP contribution in [0.1, 0.15) is 18.3 Å². The number of aryl methyl sites for hydroxylation is 1. The van der Waals surface area contributed by atoms with Gasteiger partial charge >= 0.3 is 0 Å². The topological polar surface area (TPSA) is 72.0 Å². The number of rotatable bonds is 6. The number of nitrogens with zero attached hydrogens (tertiary/aromatic N) is 3. The van der Waals surface area contributed by atoms with Gasteiger partial charge in [-0.05, 0) is 5.56 Å². The van der Waals surface area contributed by atoms with Crippen molar-refractivity contribution in [1.82, 2.24) is 15.0 Å². The first-order valence-electron chi connectivity index (χ1n) is 6.53. The molecule has 0 saturated heterocycles. The Bertz CT molecular complexity index is 534. The number of pyridine rings is 1. The summed E-state index contributed by atoms with van der Waals surface area (Å²) in [6.07, 6.45) is 2.58. The van der Waals surface area contributed by atoms with Crippen molar-refractivity contribution in [1.29, 1.82) is 0 Å². The van der Waals surface area contributed by atoms with E-state index in [1.54, 1.807) is 13.3 Å². The Kier molecular flexibility index (Phi) is 4.70. The molecule has 106 valence electrons. The summed E-state index contributed by atoms with van der Waals surface area (Å²) in [6, 6.07) is 5.70. The number of methoxy groups -OCH3 is 1. The maximum atomic E-state index is 5.03. The van der Waals surface area contributed by atoms with Gasteiger partial charge in [-0.3, -0.25) is 0 Å². The van der Waals surface area contributed by atoms with Crippen molar-refractivity contribution in [3.05, 3.63) is 35.8 Å². The SMILES string of the molecule is CCc1nc(NC)cc(NCc2ccc(OC)nc2)n1. The molecule has 2 aromatic rings. The number of hydrogen-bond donors (Lipinski definition) is 2.